The van der Waals surface area contributed by atoms with Gasteiger partial charge in [0.25, 0.3) is 0 Å². The number of imidazole rings is 1. The van der Waals surface area contributed by atoms with Crippen molar-refractivity contribution in [2.24, 2.45) is 5.73 Å². The van der Waals surface area contributed by atoms with Gasteiger partial charge in [-0.15, -0.1) is 0 Å². The van der Waals surface area contributed by atoms with Gasteiger partial charge in [-0.1, -0.05) is 0 Å². The van der Waals surface area contributed by atoms with Crippen molar-refractivity contribution in [2.75, 3.05) is 13.1 Å². The lowest BCUT2D eigenvalue weighted by Gasteiger charge is -2.05. The number of nitrogens with zero attached hydrogens (tertiary/aromatic N) is 2. The van der Waals surface area contributed by atoms with E-state index in [0.717, 1.165) is 11.4 Å². The topological polar surface area (TPSA) is 72.9 Å². The van der Waals surface area contributed by atoms with Crippen LogP contribution >= 0.6 is 0 Å². The van der Waals surface area contributed by atoms with E-state index in [4.69, 9.17) is 5.73 Å². The summed E-state index contributed by atoms with van der Waals surface area (Å²) in [6.07, 6.45) is 1.67. The predicted octanol–water partition coefficient (Wildman–Crippen LogP) is -0.425. The zero-order valence-corrected chi connectivity index (χ0v) is 8.58. The van der Waals surface area contributed by atoms with E-state index in [1.165, 1.54) is 0 Å². The van der Waals surface area contributed by atoms with Gasteiger partial charge in [0.1, 0.15) is 6.54 Å². The highest BCUT2D eigenvalue weighted by Crippen LogP contribution is 2.03. The largest absolute Gasteiger partial charge is 0.353 e. The monoisotopic (exact) mass is 196 g/mol. The summed E-state index contributed by atoms with van der Waals surface area (Å²) in [5.41, 5.74) is 7.25. The van der Waals surface area contributed by atoms with Crippen LogP contribution in [0.3, 0.4) is 0 Å². The highest BCUT2D eigenvalue weighted by molar-refractivity contribution is 5.75. The van der Waals surface area contributed by atoms with Crippen LogP contribution in [0.25, 0.3) is 0 Å². The van der Waals surface area contributed by atoms with E-state index in [0.29, 0.717) is 19.6 Å². The molecular formula is C9H16N4O. The highest BCUT2D eigenvalue weighted by atomic mass is 16.1. The van der Waals surface area contributed by atoms with Crippen molar-refractivity contribution in [2.45, 2.75) is 20.4 Å². The van der Waals surface area contributed by atoms with Crippen LogP contribution < -0.4 is 11.1 Å². The normalized spacial score (nSPS) is 10.2. The lowest BCUT2D eigenvalue weighted by molar-refractivity contribution is -0.121. The third-order valence-electron chi connectivity index (χ3n) is 2.13. The van der Waals surface area contributed by atoms with Crippen LogP contribution in [0.15, 0.2) is 6.33 Å². The fourth-order valence-corrected chi connectivity index (χ4v) is 1.13. The van der Waals surface area contributed by atoms with Gasteiger partial charge >= 0.3 is 0 Å². The number of amides is 1. The minimum Gasteiger partial charge on any atom is -0.353 e. The first-order valence-corrected chi connectivity index (χ1v) is 4.60. The maximum Gasteiger partial charge on any atom is 0.240 e. The van der Waals surface area contributed by atoms with Crippen molar-refractivity contribution < 1.29 is 4.79 Å². The second-order valence-corrected chi connectivity index (χ2v) is 3.18. The van der Waals surface area contributed by atoms with Crippen LogP contribution in [0.2, 0.25) is 0 Å². The van der Waals surface area contributed by atoms with Crippen molar-refractivity contribution in [3.8, 4) is 0 Å². The Bertz CT molecular complexity index is 319. The zero-order chi connectivity index (χ0) is 10.6. The molecule has 0 aliphatic rings. The fourth-order valence-electron chi connectivity index (χ4n) is 1.13. The molecule has 3 N–H and O–H groups in total. The molecule has 0 aliphatic heterocycles. The lowest BCUT2D eigenvalue weighted by atomic mass is 10.4. The molecule has 14 heavy (non-hydrogen) atoms. The molecule has 0 atom stereocenters. The SMILES string of the molecule is Cc1ncn(CC(=O)NCCN)c1C. The second-order valence-electron chi connectivity index (χ2n) is 3.18. The standard InChI is InChI=1S/C9H16N4O/c1-7-8(2)13(6-12-7)5-9(14)11-4-3-10/h6H,3-5,10H2,1-2H3,(H,11,14). The van der Waals surface area contributed by atoms with Gasteiger partial charge in [0.15, 0.2) is 0 Å². The second kappa shape index (κ2) is 4.76. The molecule has 0 aliphatic carbocycles. The van der Waals surface area contributed by atoms with E-state index in [2.05, 4.69) is 10.3 Å². The van der Waals surface area contributed by atoms with Gasteiger partial charge in [0.2, 0.25) is 5.91 Å². The van der Waals surface area contributed by atoms with Gasteiger partial charge in [0.05, 0.1) is 12.0 Å². The van der Waals surface area contributed by atoms with Crippen LogP contribution in [0.1, 0.15) is 11.4 Å². The van der Waals surface area contributed by atoms with Crippen LogP contribution in [-0.2, 0) is 11.3 Å². The molecule has 0 unspecified atom stereocenters. The molecule has 0 aromatic carbocycles. The summed E-state index contributed by atoms with van der Waals surface area (Å²) in [6, 6.07) is 0. The third kappa shape index (κ3) is 2.56. The summed E-state index contributed by atoms with van der Waals surface area (Å²) in [5, 5.41) is 2.70. The first-order chi connectivity index (χ1) is 6.65. The number of carbonyl (C=O) groups is 1. The summed E-state index contributed by atoms with van der Waals surface area (Å²) in [6.45, 7) is 5.16. The molecule has 0 saturated heterocycles. The molecule has 5 heteroatoms. The Morgan fingerprint density at radius 1 is 1.64 bits per heavy atom. The molecule has 0 fully saturated rings. The number of rotatable bonds is 4. The van der Waals surface area contributed by atoms with Gasteiger partial charge in [-0.2, -0.15) is 0 Å². The van der Waals surface area contributed by atoms with Crippen molar-refractivity contribution in [3.05, 3.63) is 17.7 Å². The van der Waals surface area contributed by atoms with Crippen LogP contribution in [0, 0.1) is 13.8 Å². The maximum absolute atomic E-state index is 11.3. The van der Waals surface area contributed by atoms with Gasteiger partial charge in [0, 0.05) is 18.8 Å². The van der Waals surface area contributed by atoms with E-state index in [-0.39, 0.29) is 5.91 Å². The number of hydrogen-bond donors (Lipinski definition) is 2. The van der Waals surface area contributed by atoms with E-state index in [1.807, 2.05) is 18.4 Å². The van der Waals surface area contributed by atoms with Crippen LogP contribution in [0.4, 0.5) is 0 Å². The molecule has 5 nitrogen and oxygen atoms in total. The van der Waals surface area contributed by atoms with Crippen molar-refractivity contribution >= 4 is 5.91 Å². The summed E-state index contributed by atoms with van der Waals surface area (Å²) >= 11 is 0. The summed E-state index contributed by atoms with van der Waals surface area (Å²) in [7, 11) is 0. The van der Waals surface area contributed by atoms with E-state index < -0.39 is 0 Å². The average Bonchev–Trinajstić information content (AvgIpc) is 2.46. The Kier molecular flexibility index (Phi) is 3.64. The summed E-state index contributed by atoms with van der Waals surface area (Å²) in [5.74, 6) is -0.0315. The number of aromatic nitrogens is 2. The average molecular weight is 196 g/mol. The number of carbonyl (C=O) groups excluding carboxylic acids is 1. The van der Waals surface area contributed by atoms with Crippen molar-refractivity contribution in [1.29, 1.82) is 0 Å². The predicted molar refractivity (Wildman–Crippen MR) is 53.8 cm³/mol. The Morgan fingerprint density at radius 2 is 2.36 bits per heavy atom. The minimum absolute atomic E-state index is 0.0315. The molecule has 0 radical (unpaired) electrons. The van der Waals surface area contributed by atoms with Gasteiger partial charge in [-0.05, 0) is 13.8 Å². The molecule has 0 bridgehead atoms. The van der Waals surface area contributed by atoms with Crippen molar-refractivity contribution in [3.63, 3.8) is 0 Å². The highest BCUT2D eigenvalue weighted by Gasteiger charge is 2.05. The molecule has 1 aromatic heterocycles. The molecule has 1 rings (SSSR count). The molecule has 0 spiro atoms. The van der Waals surface area contributed by atoms with Crippen LogP contribution in [0.5, 0.6) is 0 Å². The number of aryl methyl sites for hydroxylation is 1. The van der Waals surface area contributed by atoms with Gasteiger partial charge < -0.3 is 15.6 Å². The quantitative estimate of drug-likeness (QED) is 0.686. The number of hydrogen-bond acceptors (Lipinski definition) is 3. The van der Waals surface area contributed by atoms with Gasteiger partial charge in [-0.25, -0.2) is 4.98 Å². The minimum atomic E-state index is -0.0315. The summed E-state index contributed by atoms with van der Waals surface area (Å²) < 4.78 is 1.82. The Morgan fingerprint density at radius 3 is 2.86 bits per heavy atom. The Labute approximate surface area is 83.3 Å². The lowest BCUT2D eigenvalue weighted by Crippen LogP contribution is -2.31. The number of nitrogens with one attached hydrogen (secondary N) is 1. The summed E-state index contributed by atoms with van der Waals surface area (Å²) in [4.78, 5) is 15.4. The Balaban J connectivity index is 2.52. The fraction of sp³-hybridized carbons (Fsp3) is 0.556. The molecule has 78 valence electrons. The first-order valence-electron chi connectivity index (χ1n) is 4.60. The Hall–Kier alpha value is -1.36. The smallest absolute Gasteiger partial charge is 0.240 e. The van der Waals surface area contributed by atoms with Crippen molar-refractivity contribution in [1.82, 2.24) is 14.9 Å². The molecule has 1 heterocycles. The van der Waals surface area contributed by atoms with Gasteiger partial charge in [-0.3, -0.25) is 4.79 Å². The number of nitrogens with two attached hydrogens (primary N) is 1. The first kappa shape index (κ1) is 10.7. The van der Waals surface area contributed by atoms with E-state index in [9.17, 15) is 4.79 Å². The van der Waals surface area contributed by atoms with E-state index >= 15 is 0 Å². The molecule has 1 amide bonds. The van der Waals surface area contributed by atoms with E-state index in [1.54, 1.807) is 6.33 Å². The molecular weight excluding hydrogens is 180 g/mol. The maximum atomic E-state index is 11.3. The van der Waals surface area contributed by atoms with Crippen LogP contribution in [-0.4, -0.2) is 28.5 Å². The zero-order valence-electron chi connectivity index (χ0n) is 8.58. The molecule has 1 aromatic rings. The molecule has 0 saturated carbocycles. The third-order valence-corrected chi connectivity index (χ3v) is 2.13.